The number of nitrogens with one attached hydrogen (secondary N) is 2. The number of aliphatic hydroxyl groups is 1. The van der Waals surface area contributed by atoms with Crippen LogP contribution in [0.2, 0.25) is 5.02 Å². The van der Waals surface area contributed by atoms with E-state index < -0.39 is 18.1 Å². The maximum atomic E-state index is 13.4. The van der Waals surface area contributed by atoms with Crippen molar-refractivity contribution in [2.24, 2.45) is 0 Å². The van der Waals surface area contributed by atoms with E-state index in [0.717, 1.165) is 27.7 Å². The number of imidazole rings is 1. The lowest BCUT2D eigenvalue weighted by Gasteiger charge is -2.23. The van der Waals surface area contributed by atoms with Gasteiger partial charge in [-0.3, -0.25) is 9.69 Å². The minimum absolute atomic E-state index is 0.0860. The highest BCUT2D eigenvalue weighted by atomic mass is 127. The molecule has 0 bridgehead atoms. The van der Waals surface area contributed by atoms with Gasteiger partial charge >= 0.3 is 6.03 Å². The van der Waals surface area contributed by atoms with Crippen LogP contribution in [-0.2, 0) is 4.79 Å². The van der Waals surface area contributed by atoms with Gasteiger partial charge in [0.2, 0.25) is 0 Å². The number of unbranched alkanes of at least 4 members (excludes halogenated alkanes) is 1. The molecule has 0 spiro atoms. The third kappa shape index (κ3) is 5.62. The molecule has 4 rings (SSSR count). The number of carbonyl (C=O) groups excluding carboxylic acids is 2. The van der Waals surface area contributed by atoms with Crippen LogP contribution >= 0.6 is 34.2 Å². The summed E-state index contributed by atoms with van der Waals surface area (Å²) >= 11 is 8.63. The third-order valence-corrected chi connectivity index (χ3v) is 6.80. The van der Waals surface area contributed by atoms with E-state index in [1.165, 1.54) is 4.90 Å². The minimum atomic E-state index is -0.793. The number of imide groups is 1. The Labute approximate surface area is 222 Å². The Morgan fingerprint density at radius 3 is 2.69 bits per heavy atom. The molecular formula is C25H26ClIN4O4. The smallest absolute Gasteiger partial charge is 0.325 e. The van der Waals surface area contributed by atoms with Crippen LogP contribution in [0.25, 0.3) is 11.3 Å². The second-order valence-corrected chi connectivity index (χ2v) is 9.85. The van der Waals surface area contributed by atoms with Gasteiger partial charge in [-0.25, -0.2) is 9.78 Å². The Morgan fingerprint density at radius 1 is 1.23 bits per heavy atom. The standard InChI is InChI=1S/C25H26ClIN4O4/c1-2-3-4-21(23-28-14-20(29-23)18-10-7-16(27)13-19(18)26)31-24(33)22(30-25(31)34)15-5-8-17(9-6-15)35-12-11-32/h5-10,13-14,21-22,32H,2-4,11-12H2,1H3,(H,28,29)(H,30,34)/t21-,22?/m1/s1. The number of benzene rings is 2. The normalized spacial score (nSPS) is 16.5. The first-order chi connectivity index (χ1) is 16.9. The Morgan fingerprint density at radius 2 is 2.00 bits per heavy atom. The van der Waals surface area contributed by atoms with E-state index >= 15 is 0 Å². The fraction of sp³-hybridized carbons (Fsp3) is 0.320. The maximum Gasteiger partial charge on any atom is 0.325 e. The quantitative estimate of drug-likeness (QED) is 0.216. The number of amides is 3. The molecule has 2 atom stereocenters. The van der Waals surface area contributed by atoms with Gasteiger partial charge in [-0.15, -0.1) is 0 Å². The molecule has 3 N–H and O–H groups in total. The van der Waals surface area contributed by atoms with E-state index in [4.69, 9.17) is 21.4 Å². The van der Waals surface area contributed by atoms with Gasteiger partial charge in [-0.05, 0) is 58.8 Å². The Hall–Kier alpha value is -2.63. The van der Waals surface area contributed by atoms with Crippen LogP contribution < -0.4 is 10.1 Å². The van der Waals surface area contributed by atoms with Crippen molar-refractivity contribution in [3.8, 4) is 17.0 Å². The lowest BCUT2D eigenvalue weighted by molar-refractivity contribution is -0.129. The van der Waals surface area contributed by atoms with Crippen molar-refractivity contribution in [2.75, 3.05) is 13.2 Å². The van der Waals surface area contributed by atoms with Crippen molar-refractivity contribution in [1.29, 1.82) is 0 Å². The molecule has 0 aliphatic carbocycles. The average Bonchev–Trinajstić information content (AvgIpc) is 3.44. The lowest BCUT2D eigenvalue weighted by Crippen LogP contribution is -2.35. The molecule has 3 aromatic rings. The highest BCUT2D eigenvalue weighted by Gasteiger charge is 2.44. The van der Waals surface area contributed by atoms with E-state index in [9.17, 15) is 9.59 Å². The largest absolute Gasteiger partial charge is 0.491 e. The number of ether oxygens (including phenoxy) is 1. The van der Waals surface area contributed by atoms with Crippen LogP contribution in [0.5, 0.6) is 5.75 Å². The molecule has 2 aromatic carbocycles. The first-order valence-electron chi connectivity index (χ1n) is 11.4. The first-order valence-corrected chi connectivity index (χ1v) is 12.9. The molecule has 2 heterocycles. The summed E-state index contributed by atoms with van der Waals surface area (Å²) in [5.41, 5.74) is 2.19. The topological polar surface area (TPSA) is 108 Å². The van der Waals surface area contributed by atoms with Crippen LogP contribution in [0, 0.1) is 3.57 Å². The molecule has 1 aromatic heterocycles. The number of urea groups is 1. The average molecular weight is 609 g/mol. The zero-order valence-electron chi connectivity index (χ0n) is 19.1. The fourth-order valence-corrected chi connectivity index (χ4v) is 5.03. The molecule has 1 aliphatic rings. The maximum absolute atomic E-state index is 13.4. The number of aromatic nitrogens is 2. The van der Waals surface area contributed by atoms with Crippen molar-refractivity contribution < 1.29 is 19.4 Å². The van der Waals surface area contributed by atoms with E-state index in [-0.39, 0.29) is 19.1 Å². The molecule has 1 fully saturated rings. The summed E-state index contributed by atoms with van der Waals surface area (Å²) < 4.78 is 6.40. The Kier molecular flexibility index (Phi) is 8.30. The van der Waals surface area contributed by atoms with Crippen LogP contribution in [0.15, 0.2) is 48.7 Å². The zero-order chi connectivity index (χ0) is 24.9. The molecule has 1 unspecified atom stereocenters. The van der Waals surface area contributed by atoms with E-state index in [1.807, 2.05) is 18.2 Å². The number of hydrogen-bond acceptors (Lipinski definition) is 5. The summed E-state index contributed by atoms with van der Waals surface area (Å²) in [4.78, 5) is 35.5. The molecule has 10 heteroatoms. The highest BCUT2D eigenvalue weighted by Crippen LogP contribution is 2.35. The van der Waals surface area contributed by atoms with Gasteiger partial charge in [-0.1, -0.05) is 49.6 Å². The predicted molar refractivity (Wildman–Crippen MR) is 141 cm³/mol. The molecule has 0 saturated carbocycles. The van der Waals surface area contributed by atoms with Crippen molar-refractivity contribution in [1.82, 2.24) is 20.2 Å². The summed E-state index contributed by atoms with van der Waals surface area (Å²) in [6, 6.07) is 10.9. The van der Waals surface area contributed by atoms with Crippen molar-refractivity contribution in [3.63, 3.8) is 0 Å². The lowest BCUT2D eigenvalue weighted by atomic mass is 10.0. The molecular weight excluding hydrogens is 583 g/mol. The number of rotatable bonds is 10. The van der Waals surface area contributed by atoms with Crippen LogP contribution in [0.3, 0.4) is 0 Å². The Balaban J connectivity index is 1.59. The fourth-order valence-electron chi connectivity index (χ4n) is 4.07. The highest BCUT2D eigenvalue weighted by molar-refractivity contribution is 14.1. The van der Waals surface area contributed by atoms with Crippen molar-refractivity contribution >= 4 is 46.1 Å². The van der Waals surface area contributed by atoms with E-state index in [1.54, 1.807) is 30.5 Å². The van der Waals surface area contributed by atoms with E-state index in [0.29, 0.717) is 28.6 Å². The van der Waals surface area contributed by atoms with Crippen molar-refractivity contribution in [2.45, 2.75) is 38.3 Å². The monoisotopic (exact) mass is 608 g/mol. The second-order valence-electron chi connectivity index (χ2n) is 8.20. The number of aliphatic hydroxyl groups excluding tert-OH is 1. The molecule has 8 nitrogen and oxygen atoms in total. The summed E-state index contributed by atoms with van der Waals surface area (Å²) in [6.45, 7) is 2.16. The number of halogens is 2. The van der Waals surface area contributed by atoms with Gasteiger partial charge in [0.1, 0.15) is 24.2 Å². The van der Waals surface area contributed by atoms with Crippen molar-refractivity contribution in [3.05, 3.63) is 68.6 Å². The van der Waals surface area contributed by atoms with E-state index in [2.05, 4.69) is 44.8 Å². The number of aromatic amines is 1. The van der Waals surface area contributed by atoms with Gasteiger partial charge in [0, 0.05) is 9.13 Å². The van der Waals surface area contributed by atoms with Crippen LogP contribution in [-0.4, -0.2) is 45.1 Å². The summed E-state index contributed by atoms with van der Waals surface area (Å²) in [6.07, 6.45) is 4.01. The molecule has 3 amide bonds. The van der Waals surface area contributed by atoms with Gasteiger partial charge in [0.05, 0.1) is 29.6 Å². The van der Waals surface area contributed by atoms with Gasteiger partial charge in [-0.2, -0.15) is 0 Å². The molecule has 1 saturated heterocycles. The van der Waals surface area contributed by atoms with Gasteiger partial charge in [0.15, 0.2) is 0 Å². The molecule has 184 valence electrons. The minimum Gasteiger partial charge on any atom is -0.491 e. The number of nitrogens with zero attached hydrogens (tertiary/aromatic N) is 2. The zero-order valence-corrected chi connectivity index (χ0v) is 22.0. The molecule has 1 aliphatic heterocycles. The first kappa shape index (κ1) is 25.5. The predicted octanol–water partition coefficient (Wildman–Crippen LogP) is 5.23. The second kappa shape index (κ2) is 11.4. The molecule has 35 heavy (non-hydrogen) atoms. The summed E-state index contributed by atoms with van der Waals surface area (Å²) in [7, 11) is 0. The van der Waals surface area contributed by atoms with Crippen LogP contribution in [0.1, 0.15) is 49.7 Å². The number of H-pyrrole nitrogens is 1. The van der Waals surface area contributed by atoms with Crippen LogP contribution in [0.4, 0.5) is 4.79 Å². The summed E-state index contributed by atoms with van der Waals surface area (Å²) in [5.74, 6) is 0.792. The van der Waals surface area contributed by atoms with Gasteiger partial charge < -0.3 is 20.1 Å². The number of hydrogen-bond donors (Lipinski definition) is 3. The third-order valence-electron chi connectivity index (χ3n) is 5.82. The number of carbonyl (C=O) groups is 2. The van der Waals surface area contributed by atoms with Gasteiger partial charge in [0.25, 0.3) is 5.91 Å². The molecule has 0 radical (unpaired) electrons. The SMILES string of the molecule is CCCC[C@H](c1ncc(-c2ccc(I)cc2Cl)[nH]1)N1C(=O)NC(c2ccc(OCCO)cc2)C1=O. The Bertz CT molecular complexity index is 1200. The summed E-state index contributed by atoms with van der Waals surface area (Å²) in [5, 5.41) is 12.3.